The fourth-order valence-corrected chi connectivity index (χ4v) is 1.73. The van der Waals surface area contributed by atoms with Crippen molar-refractivity contribution in [1.82, 2.24) is 14.9 Å². The number of nitrogens with zero attached hydrogens (tertiary/aromatic N) is 4. The number of fused-ring (bicyclic) bond motifs is 1. The zero-order valence-corrected chi connectivity index (χ0v) is 9.72. The minimum absolute atomic E-state index is 0.0455. The third-order valence-corrected chi connectivity index (χ3v) is 2.66. The van der Waals surface area contributed by atoms with Crippen LogP contribution in [0.4, 0.5) is 11.5 Å². The summed E-state index contributed by atoms with van der Waals surface area (Å²) in [6.45, 7) is 0. The first kappa shape index (κ1) is 11.1. The average molecular weight is 255 g/mol. The molecular weight excluding hydrogens is 246 g/mol. The maximum absolute atomic E-state index is 10.5. The number of hydrogen-bond acceptors (Lipinski definition) is 5. The molecule has 0 saturated carbocycles. The maximum atomic E-state index is 10.5. The summed E-state index contributed by atoms with van der Waals surface area (Å²) in [5.41, 5.74) is 3.82. The van der Waals surface area contributed by atoms with E-state index in [0.717, 1.165) is 10.9 Å². The van der Waals surface area contributed by atoms with Crippen LogP contribution in [-0.4, -0.2) is 19.8 Å². The molecule has 19 heavy (non-hydrogen) atoms. The van der Waals surface area contributed by atoms with Gasteiger partial charge in [-0.1, -0.05) is 18.2 Å². The molecule has 0 saturated heterocycles. The summed E-state index contributed by atoms with van der Waals surface area (Å²) < 4.78 is 0. The van der Waals surface area contributed by atoms with Crippen LogP contribution in [0.5, 0.6) is 0 Å². The highest BCUT2D eigenvalue weighted by Crippen LogP contribution is 2.15. The van der Waals surface area contributed by atoms with Crippen molar-refractivity contribution >= 4 is 22.4 Å². The second kappa shape index (κ2) is 4.37. The molecule has 94 valence electrons. The van der Waals surface area contributed by atoms with Crippen LogP contribution in [0, 0.1) is 10.1 Å². The van der Waals surface area contributed by atoms with Gasteiger partial charge >= 0.3 is 0 Å². The van der Waals surface area contributed by atoms with Gasteiger partial charge in [0, 0.05) is 11.5 Å². The van der Waals surface area contributed by atoms with Gasteiger partial charge in [0.05, 0.1) is 16.6 Å². The van der Waals surface area contributed by atoms with Crippen LogP contribution in [0.1, 0.15) is 0 Å². The highest BCUT2D eigenvalue weighted by Gasteiger charge is 2.06. The van der Waals surface area contributed by atoms with Gasteiger partial charge in [-0.15, -0.1) is 0 Å². The quantitative estimate of drug-likeness (QED) is 0.572. The maximum Gasteiger partial charge on any atom is 0.287 e. The van der Waals surface area contributed by atoms with Crippen molar-refractivity contribution < 1.29 is 4.92 Å². The molecule has 0 fully saturated rings. The van der Waals surface area contributed by atoms with Crippen LogP contribution in [0.15, 0.2) is 48.8 Å². The van der Waals surface area contributed by atoms with E-state index in [2.05, 4.69) is 15.5 Å². The fourth-order valence-electron chi connectivity index (χ4n) is 1.73. The molecule has 1 N–H and O–H groups in total. The smallest absolute Gasteiger partial charge is 0.261 e. The topological polar surface area (TPSA) is 85.9 Å². The van der Waals surface area contributed by atoms with Crippen LogP contribution in [-0.2, 0) is 0 Å². The number of nitrogens with one attached hydrogen (secondary N) is 1. The normalized spacial score (nSPS) is 10.5. The second-order valence-electron chi connectivity index (χ2n) is 3.89. The largest absolute Gasteiger partial charge is 0.287 e. The zero-order chi connectivity index (χ0) is 13.2. The van der Waals surface area contributed by atoms with Crippen LogP contribution < -0.4 is 5.43 Å². The Kier molecular flexibility index (Phi) is 2.57. The van der Waals surface area contributed by atoms with E-state index in [1.807, 2.05) is 24.3 Å². The predicted molar refractivity (Wildman–Crippen MR) is 69.6 cm³/mol. The van der Waals surface area contributed by atoms with Crippen molar-refractivity contribution in [3.05, 3.63) is 58.9 Å². The van der Waals surface area contributed by atoms with E-state index in [1.165, 1.54) is 18.3 Å². The van der Waals surface area contributed by atoms with Crippen LogP contribution >= 0.6 is 0 Å². The average Bonchev–Trinajstić information content (AvgIpc) is 2.83. The lowest BCUT2D eigenvalue weighted by atomic mass is 10.3. The van der Waals surface area contributed by atoms with E-state index in [4.69, 9.17) is 0 Å². The zero-order valence-electron chi connectivity index (χ0n) is 9.72. The number of aromatic nitrogens is 3. The van der Waals surface area contributed by atoms with E-state index in [9.17, 15) is 10.1 Å². The third kappa shape index (κ3) is 2.08. The molecule has 7 heteroatoms. The minimum Gasteiger partial charge on any atom is -0.261 e. The molecule has 0 aliphatic rings. The van der Waals surface area contributed by atoms with Gasteiger partial charge in [0.25, 0.3) is 5.69 Å². The molecule has 0 spiro atoms. The molecule has 1 aromatic carbocycles. The summed E-state index contributed by atoms with van der Waals surface area (Å²) in [4.78, 5) is 15.6. The van der Waals surface area contributed by atoms with Gasteiger partial charge in [-0.25, -0.2) is 4.98 Å². The Hall–Kier alpha value is -2.96. The molecule has 3 aromatic rings. The van der Waals surface area contributed by atoms with Crippen molar-refractivity contribution in [3.63, 3.8) is 0 Å². The molecule has 0 radical (unpaired) electrons. The van der Waals surface area contributed by atoms with Gasteiger partial charge < -0.3 is 0 Å². The molecule has 2 heterocycles. The summed E-state index contributed by atoms with van der Waals surface area (Å²) in [5, 5.41) is 15.7. The molecule has 0 unspecified atom stereocenters. The Morgan fingerprint density at radius 3 is 2.74 bits per heavy atom. The van der Waals surface area contributed by atoms with Crippen LogP contribution in [0.25, 0.3) is 10.9 Å². The lowest BCUT2D eigenvalue weighted by Gasteiger charge is -2.05. The molecule has 3 rings (SSSR count). The number of pyridine rings is 1. The summed E-state index contributed by atoms with van der Waals surface area (Å²) in [5.74, 6) is 0.486. The van der Waals surface area contributed by atoms with Gasteiger partial charge in [0.15, 0.2) is 0 Å². The number of nitro groups is 1. The molecule has 0 bridgehead atoms. The Labute approximate surface area is 107 Å². The Morgan fingerprint density at radius 1 is 1.16 bits per heavy atom. The van der Waals surface area contributed by atoms with E-state index < -0.39 is 4.92 Å². The van der Waals surface area contributed by atoms with Crippen molar-refractivity contribution in [2.45, 2.75) is 0 Å². The van der Waals surface area contributed by atoms with Crippen molar-refractivity contribution in [3.8, 4) is 0 Å². The Morgan fingerprint density at radius 2 is 2.00 bits per heavy atom. The number of hydrogen-bond donors (Lipinski definition) is 1. The Balaban J connectivity index is 1.90. The number of para-hydroxylation sites is 1. The predicted octanol–water partition coefficient (Wildman–Crippen LogP) is 2.21. The Bertz CT molecular complexity index is 735. The van der Waals surface area contributed by atoms with Crippen LogP contribution in [0.2, 0.25) is 0 Å². The van der Waals surface area contributed by atoms with Crippen molar-refractivity contribution in [2.75, 3.05) is 5.43 Å². The first-order valence-corrected chi connectivity index (χ1v) is 5.54. The molecule has 7 nitrogen and oxygen atoms in total. The molecule has 0 amide bonds. The van der Waals surface area contributed by atoms with Gasteiger partial charge in [0.1, 0.15) is 12.0 Å². The van der Waals surface area contributed by atoms with Crippen molar-refractivity contribution in [1.29, 1.82) is 0 Å². The highest BCUT2D eigenvalue weighted by molar-refractivity contribution is 5.78. The second-order valence-corrected chi connectivity index (χ2v) is 3.89. The van der Waals surface area contributed by atoms with E-state index in [0.29, 0.717) is 5.82 Å². The third-order valence-electron chi connectivity index (χ3n) is 2.66. The molecule has 0 atom stereocenters. The summed E-state index contributed by atoms with van der Waals surface area (Å²) >= 11 is 0. The van der Waals surface area contributed by atoms with Gasteiger partial charge in [-0.05, 0) is 12.1 Å². The first-order valence-electron chi connectivity index (χ1n) is 5.54. The van der Waals surface area contributed by atoms with Crippen LogP contribution in [0.3, 0.4) is 0 Å². The van der Waals surface area contributed by atoms with Gasteiger partial charge in [0.2, 0.25) is 0 Å². The number of rotatable bonds is 3. The summed E-state index contributed by atoms with van der Waals surface area (Å²) in [7, 11) is 0. The highest BCUT2D eigenvalue weighted by atomic mass is 16.6. The number of benzene rings is 1. The van der Waals surface area contributed by atoms with E-state index >= 15 is 0 Å². The molecule has 0 aliphatic carbocycles. The monoisotopic (exact) mass is 255 g/mol. The van der Waals surface area contributed by atoms with E-state index in [-0.39, 0.29) is 5.69 Å². The first-order chi connectivity index (χ1) is 9.24. The van der Waals surface area contributed by atoms with Gasteiger partial charge in [-0.3, -0.25) is 15.5 Å². The lowest BCUT2D eigenvalue weighted by molar-refractivity contribution is -0.385. The SMILES string of the molecule is O=[N+]([O-])c1ccc(Nn2ncc3ccccc32)nc1. The van der Waals surface area contributed by atoms with Crippen molar-refractivity contribution in [2.24, 2.45) is 0 Å². The lowest BCUT2D eigenvalue weighted by Crippen LogP contribution is -2.11. The standard InChI is InChI=1S/C12H9N5O2/c18-17(19)10-5-6-12(13-8-10)15-16-11-4-2-1-3-9(11)7-14-16/h1-8H,(H,13,15). The van der Waals surface area contributed by atoms with E-state index in [1.54, 1.807) is 11.0 Å². The minimum atomic E-state index is -0.486. The number of anilines is 1. The summed E-state index contributed by atoms with van der Waals surface area (Å²) in [6.07, 6.45) is 2.93. The summed E-state index contributed by atoms with van der Waals surface area (Å²) in [6, 6.07) is 10.6. The molecular formula is C12H9N5O2. The fraction of sp³-hybridized carbons (Fsp3) is 0. The molecule has 2 aromatic heterocycles. The van der Waals surface area contributed by atoms with Gasteiger partial charge in [-0.2, -0.15) is 9.89 Å². The molecule has 0 aliphatic heterocycles.